The van der Waals surface area contributed by atoms with E-state index in [2.05, 4.69) is 5.32 Å². The van der Waals surface area contributed by atoms with Crippen LogP contribution in [0.15, 0.2) is 65.1 Å². The molecule has 2 heterocycles. The molecule has 1 aliphatic carbocycles. The van der Waals surface area contributed by atoms with E-state index in [0.717, 1.165) is 5.56 Å². The van der Waals surface area contributed by atoms with Gasteiger partial charge in [-0.1, -0.05) is 29.3 Å². The standard InChI is InChI=1S/C26H24ClN3O4/c1-3-34-24(32)22-23(28)30(16-10-7-14(2)8-11-16)19-5-4-6-20(31)21(19)26(22)17-13-15(27)9-12-18(17)29-25(26)33/h7-13H,3-6,28H2,1-2H3,(H,29,33). The largest absolute Gasteiger partial charge is 0.462 e. The van der Waals surface area contributed by atoms with E-state index < -0.39 is 17.3 Å². The van der Waals surface area contributed by atoms with Gasteiger partial charge < -0.3 is 15.8 Å². The van der Waals surface area contributed by atoms with Crippen molar-refractivity contribution in [2.24, 2.45) is 5.73 Å². The zero-order valence-electron chi connectivity index (χ0n) is 18.9. The fourth-order valence-electron chi connectivity index (χ4n) is 5.27. The van der Waals surface area contributed by atoms with Crippen LogP contribution < -0.4 is 16.0 Å². The lowest BCUT2D eigenvalue weighted by Gasteiger charge is -2.44. The summed E-state index contributed by atoms with van der Waals surface area (Å²) in [5, 5.41) is 3.23. The van der Waals surface area contributed by atoms with Gasteiger partial charge in [-0.2, -0.15) is 0 Å². The molecule has 0 fully saturated rings. The predicted octanol–water partition coefficient (Wildman–Crippen LogP) is 4.10. The number of nitrogens with two attached hydrogens (primary N) is 1. The van der Waals surface area contributed by atoms with Crippen LogP contribution in [0.5, 0.6) is 0 Å². The third kappa shape index (κ3) is 3.00. The van der Waals surface area contributed by atoms with E-state index in [1.807, 2.05) is 31.2 Å². The third-order valence-corrected chi connectivity index (χ3v) is 6.88. The van der Waals surface area contributed by atoms with E-state index in [1.165, 1.54) is 0 Å². The molecule has 0 saturated heterocycles. The summed E-state index contributed by atoms with van der Waals surface area (Å²) in [6.07, 6.45) is 1.40. The van der Waals surface area contributed by atoms with E-state index in [4.69, 9.17) is 22.1 Å². The van der Waals surface area contributed by atoms with Gasteiger partial charge in [0.25, 0.3) is 0 Å². The Hall–Kier alpha value is -3.58. The Balaban J connectivity index is 1.90. The summed E-state index contributed by atoms with van der Waals surface area (Å²) in [6, 6.07) is 12.6. The highest BCUT2D eigenvalue weighted by atomic mass is 35.5. The number of hydrogen-bond donors (Lipinski definition) is 2. The van der Waals surface area contributed by atoms with Crippen molar-refractivity contribution in [3.8, 4) is 0 Å². The van der Waals surface area contributed by atoms with E-state index in [1.54, 1.807) is 30.0 Å². The molecule has 3 N–H and O–H groups in total. The minimum Gasteiger partial charge on any atom is -0.462 e. The second-order valence-corrected chi connectivity index (χ2v) is 9.08. The highest BCUT2D eigenvalue weighted by Crippen LogP contribution is 2.55. The number of allylic oxidation sites excluding steroid dienone is 1. The number of ketones is 1. The normalized spacial score (nSPS) is 21.6. The highest BCUT2D eigenvalue weighted by molar-refractivity contribution is 6.31. The number of rotatable bonds is 3. The summed E-state index contributed by atoms with van der Waals surface area (Å²) in [5.41, 5.74) is 8.49. The predicted molar refractivity (Wildman–Crippen MR) is 129 cm³/mol. The van der Waals surface area contributed by atoms with Gasteiger partial charge >= 0.3 is 5.97 Å². The zero-order valence-corrected chi connectivity index (χ0v) is 19.7. The summed E-state index contributed by atoms with van der Waals surface area (Å²) in [6.45, 7) is 3.73. The molecule has 0 bridgehead atoms. The van der Waals surface area contributed by atoms with Crippen LogP contribution in [0.4, 0.5) is 11.4 Å². The number of carbonyl (C=O) groups is 3. The van der Waals surface area contributed by atoms with Gasteiger partial charge in [-0.05, 0) is 57.0 Å². The molecule has 1 unspecified atom stereocenters. The number of aryl methyl sites for hydroxylation is 1. The maximum atomic E-state index is 13.8. The Morgan fingerprint density at radius 2 is 1.91 bits per heavy atom. The molecule has 0 aromatic heterocycles. The first kappa shape index (κ1) is 22.2. The number of Topliss-reactive ketones (excluding diaryl/α,β-unsaturated/α-hetero) is 1. The molecule has 2 aromatic carbocycles. The summed E-state index contributed by atoms with van der Waals surface area (Å²) < 4.78 is 5.40. The smallest absolute Gasteiger partial charge is 0.339 e. The first-order valence-electron chi connectivity index (χ1n) is 11.2. The Kier molecular flexibility index (Phi) is 5.24. The molecular formula is C26H24ClN3O4. The number of benzene rings is 2. The van der Waals surface area contributed by atoms with Crippen LogP contribution in [0.25, 0.3) is 0 Å². The molecule has 7 nitrogen and oxygen atoms in total. The van der Waals surface area contributed by atoms with Gasteiger partial charge in [0.1, 0.15) is 16.8 Å². The van der Waals surface area contributed by atoms with Crippen molar-refractivity contribution in [3.63, 3.8) is 0 Å². The average molecular weight is 478 g/mol. The number of nitrogens with zero attached hydrogens (tertiary/aromatic N) is 1. The van der Waals surface area contributed by atoms with Gasteiger partial charge in [-0.3, -0.25) is 14.5 Å². The molecule has 5 rings (SSSR count). The molecule has 1 spiro atoms. The van der Waals surface area contributed by atoms with E-state index in [9.17, 15) is 14.4 Å². The Bertz CT molecular complexity index is 1310. The van der Waals surface area contributed by atoms with Crippen LogP contribution >= 0.6 is 11.6 Å². The van der Waals surface area contributed by atoms with Crippen LogP contribution in [-0.2, 0) is 24.5 Å². The summed E-state index contributed by atoms with van der Waals surface area (Å²) in [7, 11) is 0. The van der Waals surface area contributed by atoms with Crippen molar-refractivity contribution in [3.05, 3.63) is 81.3 Å². The Morgan fingerprint density at radius 1 is 1.18 bits per heavy atom. The van der Waals surface area contributed by atoms with E-state index in [0.29, 0.717) is 40.5 Å². The first-order chi connectivity index (χ1) is 16.3. The van der Waals surface area contributed by atoms with Crippen molar-refractivity contribution in [2.75, 3.05) is 16.8 Å². The molecule has 34 heavy (non-hydrogen) atoms. The second-order valence-electron chi connectivity index (χ2n) is 8.64. The molecule has 8 heteroatoms. The number of anilines is 2. The number of fused-ring (bicyclic) bond motifs is 3. The topological polar surface area (TPSA) is 102 Å². The Morgan fingerprint density at radius 3 is 2.62 bits per heavy atom. The van der Waals surface area contributed by atoms with Crippen molar-refractivity contribution < 1.29 is 19.1 Å². The molecular weight excluding hydrogens is 454 g/mol. The van der Waals surface area contributed by atoms with Crippen LogP contribution in [0, 0.1) is 6.92 Å². The van der Waals surface area contributed by atoms with Gasteiger partial charge in [-0.15, -0.1) is 0 Å². The average Bonchev–Trinajstić information content (AvgIpc) is 3.07. The minimum atomic E-state index is -1.73. The monoisotopic (exact) mass is 477 g/mol. The molecule has 2 aliphatic heterocycles. The lowest BCUT2D eigenvalue weighted by Crippen LogP contribution is -2.53. The van der Waals surface area contributed by atoms with Crippen molar-refractivity contribution in [1.29, 1.82) is 0 Å². The SMILES string of the molecule is CCOC(=O)C1=C(N)N(c2ccc(C)cc2)C2=C(C(=O)CCC2)C12C(=O)Nc1ccc(Cl)cc12. The number of halogens is 1. The summed E-state index contributed by atoms with van der Waals surface area (Å²) in [5.74, 6) is -1.39. The number of nitrogens with one attached hydrogen (secondary N) is 1. The lowest BCUT2D eigenvalue weighted by molar-refractivity contribution is -0.140. The van der Waals surface area contributed by atoms with Crippen LogP contribution in [0.2, 0.25) is 5.02 Å². The summed E-state index contributed by atoms with van der Waals surface area (Å²) >= 11 is 6.34. The van der Waals surface area contributed by atoms with E-state index >= 15 is 0 Å². The molecule has 1 amide bonds. The number of amides is 1. The minimum absolute atomic E-state index is 0.0672. The Labute approximate surface area is 202 Å². The van der Waals surface area contributed by atoms with Crippen molar-refractivity contribution in [2.45, 2.75) is 38.5 Å². The maximum Gasteiger partial charge on any atom is 0.339 e. The fourth-order valence-corrected chi connectivity index (χ4v) is 5.44. The van der Waals surface area contributed by atoms with Crippen LogP contribution in [0.1, 0.15) is 37.3 Å². The highest BCUT2D eigenvalue weighted by Gasteiger charge is 2.62. The maximum absolute atomic E-state index is 13.8. The molecule has 174 valence electrons. The quantitative estimate of drug-likeness (QED) is 0.645. The first-order valence-corrected chi connectivity index (χ1v) is 11.6. The molecule has 2 aromatic rings. The third-order valence-electron chi connectivity index (χ3n) is 6.65. The molecule has 0 radical (unpaired) electrons. The van der Waals surface area contributed by atoms with Crippen LogP contribution in [-0.4, -0.2) is 24.3 Å². The molecule has 0 saturated carbocycles. The molecule has 3 aliphatic rings. The van der Waals surface area contributed by atoms with Gasteiger partial charge in [0.2, 0.25) is 5.91 Å². The number of ether oxygens (including phenoxy) is 1. The van der Waals surface area contributed by atoms with Gasteiger partial charge in [0, 0.05) is 39.7 Å². The molecule has 1 atom stereocenters. The van der Waals surface area contributed by atoms with Gasteiger partial charge in [0.15, 0.2) is 5.78 Å². The van der Waals surface area contributed by atoms with E-state index in [-0.39, 0.29) is 35.8 Å². The van der Waals surface area contributed by atoms with Crippen LogP contribution in [0.3, 0.4) is 0 Å². The number of esters is 1. The van der Waals surface area contributed by atoms with Gasteiger partial charge in [-0.25, -0.2) is 4.79 Å². The number of hydrogen-bond acceptors (Lipinski definition) is 6. The van der Waals surface area contributed by atoms with Crippen molar-refractivity contribution in [1.82, 2.24) is 0 Å². The zero-order chi connectivity index (χ0) is 24.2. The van der Waals surface area contributed by atoms with Gasteiger partial charge in [0.05, 0.1) is 6.61 Å². The van der Waals surface area contributed by atoms with Crippen molar-refractivity contribution >= 4 is 40.6 Å². The lowest BCUT2D eigenvalue weighted by atomic mass is 9.63. The second kappa shape index (κ2) is 8.02. The number of carbonyl (C=O) groups excluding carboxylic acids is 3. The summed E-state index contributed by atoms with van der Waals surface area (Å²) in [4.78, 5) is 42.6. The fraction of sp³-hybridized carbons (Fsp3) is 0.269.